The first kappa shape index (κ1) is 21.4. The summed E-state index contributed by atoms with van der Waals surface area (Å²) >= 11 is 0. The van der Waals surface area contributed by atoms with Crippen molar-refractivity contribution in [3.8, 4) is 17.6 Å². The van der Waals surface area contributed by atoms with Gasteiger partial charge in [-0.1, -0.05) is 67.9 Å². The molecule has 0 aliphatic carbocycles. The number of aryl methyl sites for hydroxylation is 1. The standard InChI is InChI=1S/C28H26N2O2/c1-2-6-24-13-11-22(20-32-27-9-5-15-30-26(27)19-29)18-28(24)31-16-14-21-10-12-23-7-3-4-8-25(23)17-21/h3-5,7-13,15,17-18H,2,6,14,16,20H2,1H3. The second kappa shape index (κ2) is 10.5. The highest BCUT2D eigenvalue weighted by molar-refractivity contribution is 5.82. The zero-order chi connectivity index (χ0) is 22.2. The molecule has 3 aromatic carbocycles. The van der Waals surface area contributed by atoms with Crippen molar-refractivity contribution in [2.75, 3.05) is 6.61 Å². The number of nitrogens with zero attached hydrogens (tertiary/aromatic N) is 2. The predicted molar refractivity (Wildman–Crippen MR) is 127 cm³/mol. The Kier molecular flexibility index (Phi) is 6.99. The van der Waals surface area contributed by atoms with Crippen LogP contribution in [0.5, 0.6) is 11.5 Å². The molecule has 0 bridgehead atoms. The lowest BCUT2D eigenvalue weighted by atomic mass is 10.1. The molecule has 0 aliphatic heterocycles. The largest absolute Gasteiger partial charge is 0.493 e. The average molecular weight is 423 g/mol. The molecular weight excluding hydrogens is 396 g/mol. The Morgan fingerprint density at radius 1 is 0.812 bits per heavy atom. The minimum atomic E-state index is 0.293. The second-order valence-electron chi connectivity index (χ2n) is 7.72. The van der Waals surface area contributed by atoms with Crippen LogP contribution in [-0.2, 0) is 19.4 Å². The highest BCUT2D eigenvalue weighted by Gasteiger charge is 2.08. The minimum Gasteiger partial charge on any atom is -0.493 e. The van der Waals surface area contributed by atoms with Gasteiger partial charge in [-0.2, -0.15) is 5.26 Å². The van der Waals surface area contributed by atoms with E-state index in [2.05, 4.69) is 72.6 Å². The van der Waals surface area contributed by atoms with Gasteiger partial charge in [0.2, 0.25) is 0 Å². The Morgan fingerprint density at radius 3 is 2.50 bits per heavy atom. The van der Waals surface area contributed by atoms with Crippen LogP contribution < -0.4 is 9.47 Å². The van der Waals surface area contributed by atoms with Crippen molar-refractivity contribution in [3.63, 3.8) is 0 Å². The van der Waals surface area contributed by atoms with Crippen LogP contribution in [0.3, 0.4) is 0 Å². The molecule has 0 spiro atoms. The van der Waals surface area contributed by atoms with Crippen LogP contribution >= 0.6 is 0 Å². The molecule has 0 aliphatic rings. The lowest BCUT2D eigenvalue weighted by Crippen LogP contribution is -2.05. The smallest absolute Gasteiger partial charge is 0.182 e. The quantitative estimate of drug-likeness (QED) is 0.319. The Hall–Kier alpha value is -3.84. The molecule has 1 aromatic heterocycles. The fraction of sp³-hybridized carbons (Fsp3) is 0.214. The Morgan fingerprint density at radius 2 is 1.66 bits per heavy atom. The first-order chi connectivity index (χ1) is 15.8. The highest BCUT2D eigenvalue weighted by Crippen LogP contribution is 2.24. The van der Waals surface area contributed by atoms with Gasteiger partial charge in [0, 0.05) is 12.6 Å². The van der Waals surface area contributed by atoms with Gasteiger partial charge in [-0.15, -0.1) is 0 Å². The summed E-state index contributed by atoms with van der Waals surface area (Å²) in [4.78, 5) is 4.04. The van der Waals surface area contributed by atoms with Gasteiger partial charge < -0.3 is 9.47 Å². The van der Waals surface area contributed by atoms with Crippen molar-refractivity contribution >= 4 is 10.8 Å². The maximum Gasteiger partial charge on any atom is 0.182 e. The number of ether oxygens (including phenoxy) is 2. The van der Waals surface area contributed by atoms with Crippen LogP contribution in [0.25, 0.3) is 10.8 Å². The Labute approximate surface area is 189 Å². The Balaban J connectivity index is 1.43. The summed E-state index contributed by atoms with van der Waals surface area (Å²) in [5.74, 6) is 1.40. The zero-order valence-corrected chi connectivity index (χ0v) is 18.3. The van der Waals surface area contributed by atoms with E-state index in [1.54, 1.807) is 18.3 Å². The Bertz CT molecular complexity index is 1240. The molecule has 0 radical (unpaired) electrons. The zero-order valence-electron chi connectivity index (χ0n) is 18.3. The lowest BCUT2D eigenvalue weighted by molar-refractivity contribution is 0.298. The van der Waals surface area contributed by atoms with E-state index in [0.29, 0.717) is 24.7 Å². The van der Waals surface area contributed by atoms with E-state index in [9.17, 15) is 5.26 Å². The molecule has 0 saturated carbocycles. The highest BCUT2D eigenvalue weighted by atomic mass is 16.5. The second-order valence-corrected chi connectivity index (χ2v) is 7.72. The van der Waals surface area contributed by atoms with E-state index in [0.717, 1.165) is 30.6 Å². The third kappa shape index (κ3) is 5.25. The van der Waals surface area contributed by atoms with Crippen LogP contribution in [0.1, 0.15) is 35.7 Å². The van der Waals surface area contributed by atoms with Gasteiger partial charge in [-0.05, 0) is 52.1 Å². The molecule has 0 fully saturated rings. The molecule has 4 heteroatoms. The van der Waals surface area contributed by atoms with Crippen molar-refractivity contribution in [2.24, 2.45) is 0 Å². The fourth-order valence-electron chi connectivity index (χ4n) is 3.72. The summed E-state index contributed by atoms with van der Waals surface area (Å²) in [6.45, 7) is 3.13. The van der Waals surface area contributed by atoms with E-state index in [1.807, 2.05) is 6.07 Å². The van der Waals surface area contributed by atoms with Crippen LogP contribution in [0, 0.1) is 11.3 Å². The van der Waals surface area contributed by atoms with Gasteiger partial charge in [-0.25, -0.2) is 4.98 Å². The molecule has 4 aromatic rings. The number of hydrogen-bond donors (Lipinski definition) is 0. The fourth-order valence-corrected chi connectivity index (χ4v) is 3.72. The number of pyridine rings is 1. The molecule has 0 atom stereocenters. The van der Waals surface area contributed by atoms with Crippen LogP contribution in [0.2, 0.25) is 0 Å². The molecule has 0 unspecified atom stereocenters. The number of fused-ring (bicyclic) bond motifs is 1. The first-order valence-corrected chi connectivity index (χ1v) is 11.0. The van der Waals surface area contributed by atoms with Gasteiger partial charge in [0.25, 0.3) is 0 Å². The average Bonchev–Trinajstić information content (AvgIpc) is 2.84. The van der Waals surface area contributed by atoms with Gasteiger partial charge in [0.15, 0.2) is 11.4 Å². The molecule has 4 rings (SSSR count). The molecule has 160 valence electrons. The first-order valence-electron chi connectivity index (χ1n) is 11.0. The molecule has 4 nitrogen and oxygen atoms in total. The van der Waals surface area contributed by atoms with Gasteiger partial charge in [0.05, 0.1) is 6.61 Å². The number of hydrogen-bond acceptors (Lipinski definition) is 4. The monoisotopic (exact) mass is 422 g/mol. The van der Waals surface area contributed by atoms with Crippen molar-refractivity contribution < 1.29 is 9.47 Å². The summed E-state index contributed by atoms with van der Waals surface area (Å²) < 4.78 is 12.1. The number of aromatic nitrogens is 1. The number of nitriles is 1. The van der Waals surface area contributed by atoms with Gasteiger partial charge in [0.1, 0.15) is 18.4 Å². The summed E-state index contributed by atoms with van der Waals surface area (Å²) in [6, 6.07) is 26.8. The lowest BCUT2D eigenvalue weighted by Gasteiger charge is -2.14. The van der Waals surface area contributed by atoms with Gasteiger partial charge in [-0.3, -0.25) is 0 Å². The van der Waals surface area contributed by atoms with E-state index in [1.165, 1.54) is 21.9 Å². The van der Waals surface area contributed by atoms with Crippen LogP contribution in [-0.4, -0.2) is 11.6 Å². The molecule has 32 heavy (non-hydrogen) atoms. The van der Waals surface area contributed by atoms with Crippen molar-refractivity contribution in [2.45, 2.75) is 32.8 Å². The third-order valence-corrected chi connectivity index (χ3v) is 5.38. The maximum absolute atomic E-state index is 9.19. The number of rotatable bonds is 9. The van der Waals surface area contributed by atoms with Crippen LogP contribution in [0.4, 0.5) is 0 Å². The molecule has 0 amide bonds. The normalized spacial score (nSPS) is 10.6. The predicted octanol–water partition coefficient (Wildman–Crippen LogP) is 6.26. The summed E-state index contributed by atoms with van der Waals surface area (Å²) in [5, 5.41) is 11.7. The van der Waals surface area contributed by atoms with Gasteiger partial charge >= 0.3 is 0 Å². The van der Waals surface area contributed by atoms with Crippen molar-refractivity contribution in [1.82, 2.24) is 4.98 Å². The van der Waals surface area contributed by atoms with Crippen molar-refractivity contribution in [3.05, 3.63) is 101 Å². The molecular formula is C28H26N2O2. The summed E-state index contributed by atoms with van der Waals surface area (Å²) in [6.07, 6.45) is 4.45. The minimum absolute atomic E-state index is 0.293. The van der Waals surface area contributed by atoms with Crippen LogP contribution in [0.15, 0.2) is 79.0 Å². The van der Waals surface area contributed by atoms with E-state index >= 15 is 0 Å². The SMILES string of the molecule is CCCc1ccc(COc2cccnc2C#N)cc1OCCc1ccc2ccccc2c1. The van der Waals surface area contributed by atoms with E-state index in [-0.39, 0.29) is 0 Å². The molecule has 0 N–H and O–H groups in total. The van der Waals surface area contributed by atoms with E-state index < -0.39 is 0 Å². The summed E-state index contributed by atoms with van der Waals surface area (Å²) in [7, 11) is 0. The molecule has 1 heterocycles. The van der Waals surface area contributed by atoms with E-state index in [4.69, 9.17) is 9.47 Å². The summed E-state index contributed by atoms with van der Waals surface area (Å²) in [5.41, 5.74) is 3.76. The third-order valence-electron chi connectivity index (χ3n) is 5.38. The molecule has 0 saturated heterocycles. The van der Waals surface area contributed by atoms with Crippen molar-refractivity contribution in [1.29, 1.82) is 5.26 Å². The topological polar surface area (TPSA) is 55.1 Å². The maximum atomic E-state index is 9.19. The number of benzene rings is 3.